The lowest BCUT2D eigenvalue weighted by Crippen LogP contribution is -2.18. The van der Waals surface area contributed by atoms with Crippen molar-refractivity contribution >= 4 is 46.0 Å². The molecule has 0 aliphatic rings. The monoisotopic (exact) mass is 390 g/mol. The van der Waals surface area contributed by atoms with Crippen LogP contribution in [-0.2, 0) is 0 Å². The van der Waals surface area contributed by atoms with Crippen molar-refractivity contribution in [1.82, 2.24) is 0 Å². The molecule has 0 unspecified atom stereocenters. The van der Waals surface area contributed by atoms with Gasteiger partial charge >= 0.3 is 0 Å². The Balaban J connectivity index is 1.60. The molecule has 2 aromatic rings. The predicted molar refractivity (Wildman–Crippen MR) is 114 cm³/mol. The van der Waals surface area contributed by atoms with Crippen LogP contribution in [0, 0.1) is 0 Å². The molecule has 2 rings (SSSR count). The first-order chi connectivity index (χ1) is 12.5. The van der Waals surface area contributed by atoms with Crippen LogP contribution in [0.4, 0.5) is 11.4 Å². The molecule has 0 aliphatic carbocycles. The highest BCUT2D eigenvalue weighted by Gasteiger charge is 1.99. The van der Waals surface area contributed by atoms with Gasteiger partial charge in [-0.15, -0.1) is 0 Å². The first kappa shape index (κ1) is 19.7. The van der Waals surface area contributed by atoms with Gasteiger partial charge in [0.05, 0.1) is 13.2 Å². The van der Waals surface area contributed by atoms with Crippen molar-refractivity contribution in [1.29, 1.82) is 0 Å². The molecule has 0 aliphatic heterocycles. The number of benzene rings is 2. The minimum Gasteiger partial charge on any atom is -0.494 e. The van der Waals surface area contributed by atoms with Crippen LogP contribution < -0.4 is 31.6 Å². The van der Waals surface area contributed by atoms with Gasteiger partial charge in [0.2, 0.25) is 0 Å². The second-order valence-corrected chi connectivity index (χ2v) is 6.31. The highest BCUT2D eigenvalue weighted by atomic mass is 32.1. The van der Waals surface area contributed by atoms with Crippen molar-refractivity contribution < 1.29 is 9.47 Å². The SMILES string of the molecule is NC(=S)Nc1ccc(OCCCCOc2ccc(NC(N)=S)cc2)cc1. The summed E-state index contributed by atoms with van der Waals surface area (Å²) < 4.78 is 11.4. The number of nitrogens with two attached hydrogens (primary N) is 2. The van der Waals surface area contributed by atoms with E-state index in [0.29, 0.717) is 13.2 Å². The molecule has 2 aromatic carbocycles. The largest absolute Gasteiger partial charge is 0.494 e. The highest BCUT2D eigenvalue weighted by Crippen LogP contribution is 2.17. The van der Waals surface area contributed by atoms with E-state index < -0.39 is 0 Å². The summed E-state index contributed by atoms with van der Waals surface area (Å²) in [6, 6.07) is 15.0. The Bertz CT molecular complexity index is 657. The van der Waals surface area contributed by atoms with Gasteiger partial charge in [0, 0.05) is 11.4 Å². The van der Waals surface area contributed by atoms with Crippen LogP contribution in [0.3, 0.4) is 0 Å². The molecule has 0 bridgehead atoms. The van der Waals surface area contributed by atoms with Crippen LogP contribution in [0.5, 0.6) is 11.5 Å². The molecule has 6 nitrogen and oxygen atoms in total. The van der Waals surface area contributed by atoms with Crippen LogP contribution in [0.2, 0.25) is 0 Å². The average Bonchev–Trinajstić information content (AvgIpc) is 2.60. The van der Waals surface area contributed by atoms with Crippen LogP contribution in [0.25, 0.3) is 0 Å². The van der Waals surface area contributed by atoms with Crippen LogP contribution in [0.15, 0.2) is 48.5 Å². The molecule has 0 heterocycles. The average molecular weight is 391 g/mol. The van der Waals surface area contributed by atoms with Gasteiger partial charge in [0.25, 0.3) is 0 Å². The van der Waals surface area contributed by atoms with Gasteiger partial charge in [-0.05, 0) is 85.8 Å². The van der Waals surface area contributed by atoms with E-state index in [1.165, 1.54) is 0 Å². The normalized spacial score (nSPS) is 10.0. The van der Waals surface area contributed by atoms with E-state index in [4.69, 9.17) is 45.4 Å². The summed E-state index contributed by atoms with van der Waals surface area (Å²) in [6.07, 6.45) is 1.79. The summed E-state index contributed by atoms with van der Waals surface area (Å²) in [4.78, 5) is 0. The van der Waals surface area contributed by atoms with Gasteiger partial charge in [-0.3, -0.25) is 0 Å². The number of unbranched alkanes of at least 4 members (excludes halogenated alkanes) is 1. The third-order valence-electron chi connectivity index (χ3n) is 3.32. The molecule has 0 atom stereocenters. The molecule has 0 saturated carbocycles. The number of anilines is 2. The standard InChI is InChI=1S/C18H22N4O2S2/c19-17(25)21-13-3-7-15(8-4-13)23-11-1-2-12-24-16-9-5-14(6-10-16)22-18(20)26/h3-10H,1-2,11-12H2,(H3,19,21,25)(H3,20,22,26). The van der Waals surface area contributed by atoms with Crippen LogP contribution in [0.1, 0.15) is 12.8 Å². The van der Waals surface area contributed by atoms with E-state index in [1.807, 2.05) is 48.5 Å². The Morgan fingerprint density at radius 3 is 1.35 bits per heavy atom. The Morgan fingerprint density at radius 1 is 0.692 bits per heavy atom. The molecule has 138 valence electrons. The van der Waals surface area contributed by atoms with Gasteiger partial charge in [-0.25, -0.2) is 0 Å². The van der Waals surface area contributed by atoms with E-state index in [1.54, 1.807) is 0 Å². The summed E-state index contributed by atoms with van der Waals surface area (Å²) in [5.74, 6) is 1.61. The highest BCUT2D eigenvalue weighted by molar-refractivity contribution is 7.80. The van der Waals surface area contributed by atoms with Crippen LogP contribution >= 0.6 is 24.4 Å². The molecule has 0 aromatic heterocycles. The zero-order valence-electron chi connectivity index (χ0n) is 14.2. The molecule has 6 N–H and O–H groups in total. The lowest BCUT2D eigenvalue weighted by molar-refractivity contribution is 0.266. The van der Waals surface area contributed by atoms with E-state index in [9.17, 15) is 0 Å². The molecule has 0 saturated heterocycles. The molecular formula is C18H22N4O2S2. The Kier molecular flexibility index (Phi) is 7.91. The summed E-state index contributed by atoms with van der Waals surface area (Å²) in [6.45, 7) is 1.25. The lowest BCUT2D eigenvalue weighted by atomic mass is 10.3. The zero-order chi connectivity index (χ0) is 18.8. The number of nitrogens with one attached hydrogen (secondary N) is 2. The summed E-state index contributed by atoms with van der Waals surface area (Å²) in [7, 11) is 0. The van der Waals surface area contributed by atoms with Gasteiger partial charge < -0.3 is 31.6 Å². The third-order valence-corrected chi connectivity index (χ3v) is 3.52. The number of thiocarbonyl (C=S) groups is 2. The van der Waals surface area contributed by atoms with Crippen LogP contribution in [-0.4, -0.2) is 23.4 Å². The predicted octanol–water partition coefficient (Wildman–Crippen LogP) is 3.24. The number of ether oxygens (including phenoxy) is 2. The molecule has 8 heteroatoms. The second-order valence-electron chi connectivity index (χ2n) is 5.43. The van der Waals surface area contributed by atoms with E-state index >= 15 is 0 Å². The first-order valence-corrected chi connectivity index (χ1v) is 8.93. The number of hydrogen-bond donors (Lipinski definition) is 4. The Hall–Kier alpha value is -2.58. The maximum Gasteiger partial charge on any atom is 0.168 e. The minimum atomic E-state index is 0.243. The third kappa shape index (κ3) is 7.54. The zero-order valence-corrected chi connectivity index (χ0v) is 15.9. The molecular weight excluding hydrogens is 368 g/mol. The van der Waals surface area contributed by atoms with Crippen molar-refractivity contribution in [3.8, 4) is 11.5 Å². The minimum absolute atomic E-state index is 0.243. The van der Waals surface area contributed by atoms with E-state index in [-0.39, 0.29) is 10.2 Å². The van der Waals surface area contributed by atoms with E-state index in [2.05, 4.69) is 10.6 Å². The molecule has 26 heavy (non-hydrogen) atoms. The van der Waals surface area contributed by atoms with Gasteiger partial charge in [0.1, 0.15) is 11.5 Å². The van der Waals surface area contributed by atoms with Crippen molar-refractivity contribution in [2.75, 3.05) is 23.8 Å². The molecule has 0 radical (unpaired) electrons. The lowest BCUT2D eigenvalue weighted by Gasteiger charge is -2.09. The molecule has 0 spiro atoms. The fourth-order valence-electron chi connectivity index (χ4n) is 2.14. The van der Waals surface area contributed by atoms with E-state index in [0.717, 1.165) is 35.7 Å². The topological polar surface area (TPSA) is 94.6 Å². The second kappa shape index (κ2) is 10.4. The summed E-state index contributed by atoms with van der Waals surface area (Å²) in [5.41, 5.74) is 12.5. The molecule has 0 amide bonds. The Labute approximate surface area is 163 Å². The quantitative estimate of drug-likeness (QED) is 0.383. The maximum absolute atomic E-state index is 5.69. The number of rotatable bonds is 9. The molecule has 0 fully saturated rings. The fourth-order valence-corrected chi connectivity index (χ4v) is 2.37. The first-order valence-electron chi connectivity index (χ1n) is 8.11. The van der Waals surface area contributed by atoms with Crippen molar-refractivity contribution in [2.24, 2.45) is 11.5 Å². The maximum atomic E-state index is 5.69. The summed E-state index contributed by atoms with van der Waals surface area (Å²) >= 11 is 9.58. The van der Waals surface area contributed by atoms with Crippen molar-refractivity contribution in [3.05, 3.63) is 48.5 Å². The van der Waals surface area contributed by atoms with Crippen molar-refractivity contribution in [3.63, 3.8) is 0 Å². The smallest absolute Gasteiger partial charge is 0.168 e. The Morgan fingerprint density at radius 2 is 1.04 bits per heavy atom. The fraction of sp³-hybridized carbons (Fsp3) is 0.222. The van der Waals surface area contributed by atoms with Gasteiger partial charge in [-0.2, -0.15) is 0 Å². The van der Waals surface area contributed by atoms with Crippen molar-refractivity contribution in [2.45, 2.75) is 12.8 Å². The van der Waals surface area contributed by atoms with Gasteiger partial charge in [-0.1, -0.05) is 0 Å². The van der Waals surface area contributed by atoms with Gasteiger partial charge in [0.15, 0.2) is 10.2 Å². The number of hydrogen-bond acceptors (Lipinski definition) is 4. The summed E-state index contributed by atoms with van der Waals surface area (Å²) in [5, 5.41) is 6.22.